The van der Waals surface area contributed by atoms with Crippen molar-refractivity contribution in [2.45, 2.75) is 6.92 Å². The topological polar surface area (TPSA) is 56.7 Å². The van der Waals surface area contributed by atoms with Crippen LogP contribution in [0.25, 0.3) is 10.9 Å². The number of para-hydroxylation sites is 1. The zero-order valence-corrected chi connectivity index (χ0v) is 12.7. The van der Waals surface area contributed by atoms with Gasteiger partial charge in [0.25, 0.3) is 0 Å². The first-order valence-electron chi connectivity index (χ1n) is 6.95. The van der Waals surface area contributed by atoms with Gasteiger partial charge in [-0.15, -0.1) is 0 Å². The predicted molar refractivity (Wildman–Crippen MR) is 84.9 cm³/mol. The Morgan fingerprint density at radius 2 is 1.95 bits per heavy atom. The number of likely N-dealkylation sites (N-methyl/N-ethyl adjacent to an activating group) is 1. The Morgan fingerprint density at radius 3 is 2.62 bits per heavy atom. The molecular weight excluding hydrogens is 266 g/mol. The largest absolute Gasteiger partial charge is 0.480 e. The minimum atomic E-state index is -0.844. The van der Waals surface area contributed by atoms with Crippen molar-refractivity contribution in [3.05, 3.63) is 35.9 Å². The summed E-state index contributed by atoms with van der Waals surface area (Å²) >= 11 is 0. The van der Waals surface area contributed by atoms with Gasteiger partial charge in [-0.05, 0) is 38.7 Å². The summed E-state index contributed by atoms with van der Waals surface area (Å²) in [5.74, 6) is -0.0962. The Hall–Kier alpha value is -2.14. The summed E-state index contributed by atoms with van der Waals surface area (Å²) in [5, 5.41) is 10.2. The number of rotatable bonds is 6. The van der Waals surface area contributed by atoms with Gasteiger partial charge in [-0.25, -0.2) is 4.98 Å². The first kappa shape index (κ1) is 15.3. The first-order chi connectivity index (χ1) is 9.97. The predicted octanol–water partition coefficient (Wildman–Crippen LogP) is 2.00. The molecule has 5 nitrogen and oxygen atoms in total. The molecule has 0 aliphatic carbocycles. The van der Waals surface area contributed by atoms with E-state index in [1.54, 1.807) is 0 Å². The number of pyridine rings is 1. The fraction of sp³-hybridized carbons (Fsp3) is 0.375. The van der Waals surface area contributed by atoms with Gasteiger partial charge in [0.1, 0.15) is 12.4 Å². The van der Waals surface area contributed by atoms with Crippen molar-refractivity contribution >= 4 is 22.7 Å². The van der Waals surface area contributed by atoms with E-state index < -0.39 is 5.97 Å². The Morgan fingerprint density at radius 1 is 1.24 bits per heavy atom. The molecule has 2 rings (SSSR count). The highest BCUT2D eigenvalue weighted by molar-refractivity contribution is 5.82. The van der Waals surface area contributed by atoms with Crippen molar-refractivity contribution in [1.82, 2.24) is 9.88 Å². The highest BCUT2D eigenvalue weighted by Gasteiger charge is 2.15. The number of nitrogens with zero attached hydrogens (tertiary/aromatic N) is 3. The monoisotopic (exact) mass is 287 g/mol. The lowest BCUT2D eigenvalue weighted by molar-refractivity contribution is -0.135. The Balaban J connectivity index is 2.37. The van der Waals surface area contributed by atoms with E-state index in [2.05, 4.69) is 11.1 Å². The number of hydrogen-bond acceptors (Lipinski definition) is 4. The summed E-state index contributed by atoms with van der Waals surface area (Å²) in [6.45, 7) is 3.34. The van der Waals surface area contributed by atoms with E-state index in [1.165, 1.54) is 0 Å². The van der Waals surface area contributed by atoms with Crippen LogP contribution in [0.3, 0.4) is 0 Å². The van der Waals surface area contributed by atoms with Crippen molar-refractivity contribution in [3.63, 3.8) is 0 Å². The quantitative estimate of drug-likeness (QED) is 0.880. The maximum atomic E-state index is 11.1. The lowest BCUT2D eigenvalue weighted by Gasteiger charge is -2.25. The summed E-state index contributed by atoms with van der Waals surface area (Å²) in [5.41, 5.74) is 1.88. The molecule has 0 unspecified atom stereocenters. The van der Waals surface area contributed by atoms with Crippen molar-refractivity contribution in [3.8, 4) is 0 Å². The molecule has 0 bridgehead atoms. The number of carboxylic acids is 1. The van der Waals surface area contributed by atoms with Gasteiger partial charge >= 0.3 is 5.97 Å². The maximum absolute atomic E-state index is 11.1. The third-order valence-electron chi connectivity index (χ3n) is 3.33. The number of aromatic nitrogens is 1. The average Bonchev–Trinajstić information content (AvgIpc) is 2.42. The zero-order valence-electron chi connectivity index (χ0n) is 12.7. The smallest absolute Gasteiger partial charge is 0.323 e. The molecule has 0 aliphatic heterocycles. The minimum absolute atomic E-state index is 0.0416. The van der Waals surface area contributed by atoms with E-state index in [-0.39, 0.29) is 6.54 Å². The van der Waals surface area contributed by atoms with E-state index >= 15 is 0 Å². The molecule has 21 heavy (non-hydrogen) atoms. The molecule has 0 spiro atoms. The molecule has 1 N–H and O–H groups in total. The fourth-order valence-electron chi connectivity index (χ4n) is 2.28. The normalized spacial score (nSPS) is 11.0. The molecule has 0 atom stereocenters. The van der Waals surface area contributed by atoms with E-state index in [0.29, 0.717) is 6.54 Å². The summed E-state index contributed by atoms with van der Waals surface area (Å²) in [6.07, 6.45) is 0. The van der Waals surface area contributed by atoms with Crippen LogP contribution in [0.5, 0.6) is 0 Å². The van der Waals surface area contributed by atoms with E-state index in [4.69, 9.17) is 5.11 Å². The van der Waals surface area contributed by atoms with Crippen LogP contribution < -0.4 is 4.90 Å². The molecule has 0 radical (unpaired) electrons. The number of aryl methyl sites for hydroxylation is 1. The zero-order chi connectivity index (χ0) is 15.4. The van der Waals surface area contributed by atoms with Crippen LogP contribution in [0, 0.1) is 6.92 Å². The van der Waals surface area contributed by atoms with Gasteiger partial charge in [0.05, 0.1) is 5.52 Å². The summed E-state index contributed by atoms with van der Waals surface area (Å²) in [7, 11) is 3.94. The number of carbonyl (C=O) groups is 1. The van der Waals surface area contributed by atoms with Crippen molar-refractivity contribution in [2.24, 2.45) is 0 Å². The van der Waals surface area contributed by atoms with Crippen LogP contribution in [-0.4, -0.2) is 54.7 Å². The lowest BCUT2D eigenvalue weighted by atomic mass is 10.1. The van der Waals surface area contributed by atoms with Crippen LogP contribution in [0.2, 0.25) is 0 Å². The molecule has 1 heterocycles. The molecule has 112 valence electrons. The second-order valence-corrected chi connectivity index (χ2v) is 5.44. The third-order valence-corrected chi connectivity index (χ3v) is 3.33. The standard InChI is InChI=1S/C16H21N3O2/c1-12-10-13-6-4-5-7-14(13)17-16(12)19(11-15(20)21)9-8-18(2)3/h4-7,10H,8-9,11H2,1-3H3,(H,20,21). The Kier molecular flexibility index (Phi) is 4.75. The highest BCUT2D eigenvalue weighted by atomic mass is 16.4. The van der Waals surface area contributed by atoms with Crippen LogP contribution in [0.1, 0.15) is 5.56 Å². The summed E-state index contributed by atoms with van der Waals surface area (Å²) in [6, 6.07) is 9.94. The van der Waals surface area contributed by atoms with Crippen molar-refractivity contribution < 1.29 is 9.90 Å². The number of anilines is 1. The van der Waals surface area contributed by atoms with E-state index in [1.807, 2.05) is 55.1 Å². The number of hydrogen-bond donors (Lipinski definition) is 1. The molecule has 0 saturated carbocycles. The molecule has 1 aromatic carbocycles. The lowest BCUT2D eigenvalue weighted by Crippen LogP contribution is -2.36. The summed E-state index contributed by atoms with van der Waals surface area (Å²) in [4.78, 5) is 19.6. The molecule has 0 saturated heterocycles. The highest BCUT2D eigenvalue weighted by Crippen LogP contribution is 2.22. The number of carboxylic acid groups (broad SMARTS) is 1. The van der Waals surface area contributed by atoms with Gasteiger partial charge in [0.2, 0.25) is 0 Å². The first-order valence-corrected chi connectivity index (χ1v) is 6.95. The van der Waals surface area contributed by atoms with E-state index in [9.17, 15) is 4.79 Å². The molecule has 5 heteroatoms. The molecule has 1 aromatic heterocycles. The average molecular weight is 287 g/mol. The number of benzene rings is 1. The number of aliphatic carboxylic acids is 1. The van der Waals surface area contributed by atoms with Gasteiger partial charge in [-0.1, -0.05) is 18.2 Å². The molecule has 2 aromatic rings. The van der Waals surface area contributed by atoms with Crippen molar-refractivity contribution in [1.29, 1.82) is 0 Å². The molecule has 0 amide bonds. The number of fused-ring (bicyclic) bond motifs is 1. The second kappa shape index (κ2) is 6.54. The van der Waals surface area contributed by atoms with Gasteiger partial charge in [0.15, 0.2) is 0 Å². The Bertz CT molecular complexity index is 640. The third kappa shape index (κ3) is 3.92. The van der Waals surface area contributed by atoms with Crippen LogP contribution in [-0.2, 0) is 4.79 Å². The van der Waals surface area contributed by atoms with Crippen LogP contribution in [0.15, 0.2) is 30.3 Å². The molecule has 0 fully saturated rings. The van der Waals surface area contributed by atoms with Crippen molar-refractivity contribution in [2.75, 3.05) is 38.6 Å². The van der Waals surface area contributed by atoms with Crippen LogP contribution in [0.4, 0.5) is 5.82 Å². The summed E-state index contributed by atoms with van der Waals surface area (Å²) < 4.78 is 0. The Labute approximate surface area is 124 Å². The second-order valence-electron chi connectivity index (χ2n) is 5.44. The minimum Gasteiger partial charge on any atom is -0.480 e. The molecular formula is C16H21N3O2. The van der Waals surface area contributed by atoms with Crippen LogP contribution >= 0.6 is 0 Å². The molecule has 0 aliphatic rings. The fourth-order valence-corrected chi connectivity index (χ4v) is 2.28. The van der Waals surface area contributed by atoms with E-state index in [0.717, 1.165) is 28.8 Å². The van der Waals surface area contributed by atoms with Gasteiger partial charge < -0.3 is 14.9 Å². The maximum Gasteiger partial charge on any atom is 0.323 e. The van der Waals surface area contributed by atoms with Gasteiger partial charge in [-0.2, -0.15) is 0 Å². The van der Waals surface area contributed by atoms with Gasteiger partial charge in [0, 0.05) is 18.5 Å². The van der Waals surface area contributed by atoms with Gasteiger partial charge in [-0.3, -0.25) is 4.79 Å². The SMILES string of the molecule is Cc1cc2ccccc2nc1N(CCN(C)C)CC(=O)O.